The van der Waals surface area contributed by atoms with Crippen LogP contribution in [0.5, 0.6) is 0 Å². The number of benzene rings is 1. The van der Waals surface area contributed by atoms with Gasteiger partial charge in [0.25, 0.3) is 0 Å². The van der Waals surface area contributed by atoms with Crippen molar-refractivity contribution < 1.29 is 4.79 Å². The number of hydrogen-bond acceptors (Lipinski definition) is 1. The number of allylic oxidation sites excluding steroid dienone is 2. The molecule has 2 rings (SSSR count). The van der Waals surface area contributed by atoms with Crippen molar-refractivity contribution in [2.45, 2.75) is 26.7 Å². The molecule has 96 valence electrons. The Kier molecular flexibility index (Phi) is 4.29. The highest BCUT2D eigenvalue weighted by Gasteiger charge is 2.25. The third-order valence-electron chi connectivity index (χ3n) is 3.54. The highest BCUT2D eigenvalue weighted by molar-refractivity contribution is 9.10. The van der Waals surface area contributed by atoms with E-state index in [9.17, 15) is 4.79 Å². The first-order valence-corrected chi connectivity index (χ1v) is 7.33. The second-order valence-electron chi connectivity index (χ2n) is 4.96. The van der Waals surface area contributed by atoms with Gasteiger partial charge in [0.1, 0.15) is 0 Å². The molecular weight excluding hydrogens is 312 g/mol. The average molecular weight is 328 g/mol. The Bertz CT molecular complexity index is 507. The van der Waals surface area contributed by atoms with Gasteiger partial charge in [-0.3, -0.25) is 4.79 Å². The Labute approximate surface area is 121 Å². The van der Waals surface area contributed by atoms with Crippen molar-refractivity contribution >= 4 is 33.3 Å². The van der Waals surface area contributed by atoms with E-state index in [1.165, 1.54) is 0 Å². The normalized spacial score (nSPS) is 23.7. The van der Waals surface area contributed by atoms with Gasteiger partial charge in [-0.1, -0.05) is 46.6 Å². The zero-order chi connectivity index (χ0) is 13.3. The van der Waals surface area contributed by atoms with Crippen molar-refractivity contribution in [1.82, 2.24) is 0 Å². The molecule has 1 aliphatic carbocycles. The highest BCUT2D eigenvalue weighted by atomic mass is 79.9. The van der Waals surface area contributed by atoms with Crippen LogP contribution in [0.4, 0.5) is 0 Å². The summed E-state index contributed by atoms with van der Waals surface area (Å²) in [5, 5.41) is 0.826. The minimum atomic E-state index is -0.0679. The van der Waals surface area contributed by atoms with Crippen molar-refractivity contribution in [3.05, 3.63) is 44.9 Å². The molecule has 0 amide bonds. The van der Waals surface area contributed by atoms with Crippen molar-refractivity contribution in [2.75, 3.05) is 0 Å². The lowest BCUT2D eigenvalue weighted by Gasteiger charge is -2.22. The summed E-state index contributed by atoms with van der Waals surface area (Å²) in [6, 6.07) is 5.82. The molecule has 0 N–H and O–H groups in total. The van der Waals surface area contributed by atoms with Crippen molar-refractivity contribution in [2.24, 2.45) is 11.8 Å². The summed E-state index contributed by atoms with van der Waals surface area (Å²) in [7, 11) is 0. The minimum Gasteiger partial charge on any atom is -0.294 e. The molecule has 1 aromatic carbocycles. The van der Waals surface area contributed by atoms with E-state index in [0.717, 1.165) is 33.5 Å². The van der Waals surface area contributed by atoms with Gasteiger partial charge < -0.3 is 0 Å². The van der Waals surface area contributed by atoms with E-state index < -0.39 is 0 Å². The van der Waals surface area contributed by atoms with Crippen LogP contribution < -0.4 is 0 Å². The van der Waals surface area contributed by atoms with Gasteiger partial charge in [-0.05, 0) is 43.4 Å². The number of halogens is 2. The van der Waals surface area contributed by atoms with Crippen LogP contribution in [0.3, 0.4) is 0 Å². The van der Waals surface area contributed by atoms with Crippen molar-refractivity contribution in [1.29, 1.82) is 0 Å². The van der Waals surface area contributed by atoms with Crippen LogP contribution >= 0.6 is 27.5 Å². The van der Waals surface area contributed by atoms with Crippen molar-refractivity contribution in [3.63, 3.8) is 0 Å². The standard InChI is InChI=1S/C15H16BrClO/c1-9-4-6-12(16)8-13(9)15(18)11-5-3-10(2)14(17)7-11/h4,6-8,10-11H,3,5H2,1-2H3. The fraction of sp³-hybridized carbons (Fsp3) is 0.400. The molecule has 2 unspecified atom stereocenters. The quantitative estimate of drug-likeness (QED) is 0.690. The van der Waals surface area contributed by atoms with Crippen LogP contribution in [0.1, 0.15) is 35.7 Å². The van der Waals surface area contributed by atoms with E-state index in [0.29, 0.717) is 5.92 Å². The van der Waals surface area contributed by atoms with E-state index in [1.807, 2.05) is 31.2 Å². The minimum absolute atomic E-state index is 0.0679. The topological polar surface area (TPSA) is 17.1 Å². The predicted molar refractivity (Wildman–Crippen MR) is 79.0 cm³/mol. The molecule has 1 aromatic rings. The lowest BCUT2D eigenvalue weighted by molar-refractivity contribution is 0.0933. The van der Waals surface area contributed by atoms with Gasteiger partial charge in [-0.2, -0.15) is 0 Å². The monoisotopic (exact) mass is 326 g/mol. The summed E-state index contributed by atoms with van der Waals surface area (Å²) in [5.41, 5.74) is 1.82. The van der Waals surface area contributed by atoms with Gasteiger partial charge in [0.2, 0.25) is 0 Å². The number of hydrogen-bond donors (Lipinski definition) is 0. The van der Waals surface area contributed by atoms with E-state index in [1.54, 1.807) is 0 Å². The maximum absolute atomic E-state index is 12.5. The summed E-state index contributed by atoms with van der Waals surface area (Å²) in [5.74, 6) is 0.500. The zero-order valence-electron chi connectivity index (χ0n) is 10.5. The van der Waals surface area contributed by atoms with Crippen LogP contribution in [0.15, 0.2) is 33.8 Å². The third kappa shape index (κ3) is 2.86. The number of rotatable bonds is 2. The Hall–Kier alpha value is -0.600. The Morgan fingerprint density at radius 1 is 1.39 bits per heavy atom. The smallest absolute Gasteiger partial charge is 0.170 e. The van der Waals surface area contributed by atoms with Crippen LogP contribution in [0.2, 0.25) is 0 Å². The molecular formula is C15H16BrClO. The summed E-state index contributed by atoms with van der Waals surface area (Å²) in [4.78, 5) is 12.5. The van der Waals surface area contributed by atoms with Crippen LogP contribution in [-0.4, -0.2) is 5.78 Å². The maximum atomic E-state index is 12.5. The largest absolute Gasteiger partial charge is 0.294 e. The van der Waals surface area contributed by atoms with Gasteiger partial charge in [0, 0.05) is 21.0 Å². The van der Waals surface area contributed by atoms with Gasteiger partial charge in [0.15, 0.2) is 5.78 Å². The second kappa shape index (κ2) is 5.58. The zero-order valence-corrected chi connectivity index (χ0v) is 12.9. The van der Waals surface area contributed by atoms with E-state index in [4.69, 9.17) is 11.6 Å². The summed E-state index contributed by atoms with van der Waals surface area (Å²) >= 11 is 9.58. The fourth-order valence-corrected chi connectivity index (χ4v) is 2.90. The molecule has 1 aliphatic rings. The number of Topliss-reactive ketones (excluding diaryl/α,β-unsaturated/α-hetero) is 1. The van der Waals surface area contributed by atoms with E-state index in [-0.39, 0.29) is 11.7 Å². The maximum Gasteiger partial charge on any atom is 0.170 e. The first kappa shape index (κ1) is 13.8. The number of ketones is 1. The number of aryl methyl sites for hydroxylation is 1. The molecule has 0 bridgehead atoms. The van der Waals surface area contributed by atoms with Gasteiger partial charge in [0.05, 0.1) is 0 Å². The fourth-order valence-electron chi connectivity index (χ4n) is 2.27. The SMILES string of the molecule is Cc1ccc(Br)cc1C(=O)C1C=C(Cl)C(C)CC1. The van der Waals surface area contributed by atoms with Crippen LogP contribution in [0.25, 0.3) is 0 Å². The molecule has 0 aromatic heterocycles. The lowest BCUT2D eigenvalue weighted by atomic mass is 9.84. The van der Waals surface area contributed by atoms with Crippen LogP contribution in [0, 0.1) is 18.8 Å². The van der Waals surface area contributed by atoms with E-state index in [2.05, 4.69) is 22.9 Å². The average Bonchev–Trinajstić information content (AvgIpc) is 2.35. The molecule has 0 spiro atoms. The number of carbonyl (C=O) groups excluding carboxylic acids is 1. The summed E-state index contributed by atoms with van der Waals surface area (Å²) in [6.07, 6.45) is 3.80. The van der Waals surface area contributed by atoms with Gasteiger partial charge in [-0.15, -0.1) is 0 Å². The predicted octanol–water partition coefficient (Wildman–Crippen LogP) is 5.11. The molecule has 0 saturated heterocycles. The molecule has 2 atom stereocenters. The molecule has 0 saturated carbocycles. The van der Waals surface area contributed by atoms with Gasteiger partial charge in [-0.25, -0.2) is 0 Å². The van der Waals surface area contributed by atoms with Crippen molar-refractivity contribution in [3.8, 4) is 0 Å². The molecule has 0 radical (unpaired) electrons. The molecule has 0 heterocycles. The Morgan fingerprint density at radius 2 is 2.11 bits per heavy atom. The third-order valence-corrected chi connectivity index (χ3v) is 4.54. The highest BCUT2D eigenvalue weighted by Crippen LogP contribution is 2.33. The molecule has 3 heteroatoms. The first-order valence-electron chi connectivity index (χ1n) is 6.16. The summed E-state index contributed by atoms with van der Waals surface area (Å²) in [6.45, 7) is 4.07. The van der Waals surface area contributed by atoms with Gasteiger partial charge >= 0.3 is 0 Å². The molecule has 18 heavy (non-hydrogen) atoms. The second-order valence-corrected chi connectivity index (χ2v) is 6.31. The molecule has 0 aliphatic heterocycles. The first-order chi connectivity index (χ1) is 8.49. The molecule has 1 nitrogen and oxygen atoms in total. The lowest BCUT2D eigenvalue weighted by Crippen LogP contribution is -2.19. The Morgan fingerprint density at radius 3 is 2.78 bits per heavy atom. The summed E-state index contributed by atoms with van der Waals surface area (Å²) < 4.78 is 0.940. The van der Waals surface area contributed by atoms with E-state index >= 15 is 0 Å². The molecule has 0 fully saturated rings. The Balaban J connectivity index is 2.29. The van der Waals surface area contributed by atoms with Crippen LogP contribution in [-0.2, 0) is 0 Å². The number of carbonyl (C=O) groups is 1.